The fourth-order valence-electron chi connectivity index (χ4n) is 2.89. The van der Waals surface area contributed by atoms with Gasteiger partial charge in [0.05, 0.1) is 18.6 Å². The molecule has 1 atom stereocenters. The molecule has 3 aromatic rings. The van der Waals surface area contributed by atoms with Gasteiger partial charge in [-0.2, -0.15) is 0 Å². The zero-order valence-electron chi connectivity index (χ0n) is 12.3. The van der Waals surface area contributed by atoms with Crippen molar-refractivity contribution in [3.8, 4) is 5.75 Å². The van der Waals surface area contributed by atoms with E-state index in [9.17, 15) is 4.79 Å². The van der Waals surface area contributed by atoms with E-state index in [2.05, 4.69) is 0 Å². The monoisotopic (exact) mass is 296 g/mol. The largest absolute Gasteiger partial charge is 0.488 e. The predicted molar refractivity (Wildman–Crippen MR) is 84.6 cm³/mol. The predicted octanol–water partition coefficient (Wildman–Crippen LogP) is 3.42. The van der Waals surface area contributed by atoms with Gasteiger partial charge in [-0.3, -0.25) is 0 Å². The minimum Gasteiger partial charge on any atom is -0.488 e. The molecule has 1 fully saturated rings. The Bertz CT molecular complexity index is 904. The zero-order chi connectivity index (χ0) is 15.1. The van der Waals surface area contributed by atoms with E-state index in [0.717, 1.165) is 29.4 Å². The van der Waals surface area contributed by atoms with Crippen LogP contribution in [0.25, 0.3) is 21.7 Å². The van der Waals surface area contributed by atoms with Gasteiger partial charge in [0.2, 0.25) is 0 Å². The lowest BCUT2D eigenvalue weighted by atomic mass is 10.1. The van der Waals surface area contributed by atoms with Crippen LogP contribution in [0.2, 0.25) is 0 Å². The average molecular weight is 296 g/mol. The zero-order valence-corrected chi connectivity index (χ0v) is 12.3. The Morgan fingerprint density at radius 3 is 2.77 bits per heavy atom. The molecule has 1 aliphatic rings. The Morgan fingerprint density at radius 1 is 1.09 bits per heavy atom. The van der Waals surface area contributed by atoms with Crippen molar-refractivity contribution in [1.82, 2.24) is 0 Å². The number of aryl methyl sites for hydroxylation is 1. The number of benzene rings is 2. The quantitative estimate of drug-likeness (QED) is 0.537. The second-order valence-electron chi connectivity index (χ2n) is 5.70. The summed E-state index contributed by atoms with van der Waals surface area (Å²) in [5, 5.41) is 2.38. The van der Waals surface area contributed by atoms with Gasteiger partial charge in [0.25, 0.3) is 0 Å². The first-order valence-corrected chi connectivity index (χ1v) is 7.42. The summed E-state index contributed by atoms with van der Waals surface area (Å²) in [6.07, 6.45) is 0.941. The molecular weight excluding hydrogens is 280 g/mol. The highest BCUT2D eigenvalue weighted by atomic mass is 16.5. The molecule has 1 aliphatic heterocycles. The van der Waals surface area contributed by atoms with Crippen molar-refractivity contribution in [2.45, 2.75) is 19.4 Å². The number of ether oxygens (including phenoxy) is 2. The van der Waals surface area contributed by atoms with Crippen molar-refractivity contribution in [2.75, 3.05) is 13.2 Å². The van der Waals surface area contributed by atoms with Crippen LogP contribution < -0.4 is 10.4 Å². The van der Waals surface area contributed by atoms with E-state index in [0.29, 0.717) is 23.3 Å². The SMILES string of the molecule is Cc1ccc2c(c1)oc(=O)c1cc(O[C@@H]3CCOC3)ccc12. The fraction of sp³-hybridized carbons (Fsp3) is 0.278. The van der Waals surface area contributed by atoms with Gasteiger partial charge in [0, 0.05) is 17.2 Å². The third-order valence-electron chi connectivity index (χ3n) is 4.03. The maximum atomic E-state index is 12.2. The van der Waals surface area contributed by atoms with Crippen molar-refractivity contribution in [2.24, 2.45) is 0 Å². The Kier molecular flexibility index (Phi) is 3.12. The van der Waals surface area contributed by atoms with Crippen LogP contribution in [0, 0.1) is 6.92 Å². The molecule has 1 saturated heterocycles. The van der Waals surface area contributed by atoms with Crippen LogP contribution >= 0.6 is 0 Å². The highest BCUT2D eigenvalue weighted by Crippen LogP contribution is 2.27. The van der Waals surface area contributed by atoms with Gasteiger partial charge >= 0.3 is 5.63 Å². The van der Waals surface area contributed by atoms with Gasteiger partial charge in [-0.15, -0.1) is 0 Å². The lowest BCUT2D eigenvalue weighted by Gasteiger charge is -2.12. The van der Waals surface area contributed by atoms with Crippen LogP contribution in [0.1, 0.15) is 12.0 Å². The first-order chi connectivity index (χ1) is 10.7. The highest BCUT2D eigenvalue weighted by molar-refractivity contribution is 6.04. The molecular formula is C18H16O4. The molecule has 4 rings (SSSR count). The molecule has 0 amide bonds. The van der Waals surface area contributed by atoms with Gasteiger partial charge in [-0.05, 0) is 36.8 Å². The van der Waals surface area contributed by atoms with Gasteiger partial charge in [-0.1, -0.05) is 12.1 Å². The molecule has 1 aromatic heterocycles. The molecule has 0 unspecified atom stereocenters. The Balaban J connectivity index is 1.85. The molecule has 4 heteroatoms. The lowest BCUT2D eigenvalue weighted by Crippen LogP contribution is -2.15. The van der Waals surface area contributed by atoms with Crippen LogP contribution in [0.3, 0.4) is 0 Å². The van der Waals surface area contributed by atoms with Crippen molar-refractivity contribution in [1.29, 1.82) is 0 Å². The molecule has 0 spiro atoms. The van der Waals surface area contributed by atoms with Gasteiger partial charge in [0.15, 0.2) is 0 Å². The van der Waals surface area contributed by atoms with Crippen LogP contribution in [0.15, 0.2) is 45.6 Å². The van der Waals surface area contributed by atoms with E-state index >= 15 is 0 Å². The first-order valence-electron chi connectivity index (χ1n) is 7.42. The van der Waals surface area contributed by atoms with E-state index in [1.165, 1.54) is 0 Å². The number of fused-ring (bicyclic) bond motifs is 3. The maximum absolute atomic E-state index is 12.2. The van der Waals surface area contributed by atoms with Crippen molar-refractivity contribution < 1.29 is 13.9 Å². The number of rotatable bonds is 2. The smallest absolute Gasteiger partial charge is 0.344 e. The summed E-state index contributed by atoms with van der Waals surface area (Å²) in [6.45, 7) is 3.30. The molecule has 0 radical (unpaired) electrons. The first kappa shape index (κ1) is 13.3. The van der Waals surface area contributed by atoms with Crippen LogP contribution in [-0.4, -0.2) is 19.3 Å². The second-order valence-corrected chi connectivity index (χ2v) is 5.70. The Hall–Kier alpha value is -2.33. The van der Waals surface area contributed by atoms with E-state index in [-0.39, 0.29) is 11.7 Å². The summed E-state index contributed by atoms with van der Waals surface area (Å²) < 4.78 is 16.6. The van der Waals surface area contributed by atoms with Gasteiger partial charge < -0.3 is 13.9 Å². The Labute approximate surface area is 127 Å². The van der Waals surface area contributed by atoms with E-state index < -0.39 is 0 Å². The molecule has 0 aliphatic carbocycles. The Morgan fingerprint density at radius 2 is 1.95 bits per heavy atom. The normalized spacial score (nSPS) is 18.1. The number of hydrogen-bond donors (Lipinski definition) is 0. The average Bonchev–Trinajstić information content (AvgIpc) is 3.00. The minimum absolute atomic E-state index is 0.0626. The summed E-state index contributed by atoms with van der Waals surface area (Å²) in [6, 6.07) is 11.5. The molecule has 0 bridgehead atoms. The van der Waals surface area contributed by atoms with Crippen LogP contribution in [0.4, 0.5) is 0 Å². The second kappa shape index (κ2) is 5.14. The molecule has 0 saturated carbocycles. The summed E-state index contributed by atoms with van der Waals surface area (Å²) >= 11 is 0. The molecule has 2 heterocycles. The highest BCUT2D eigenvalue weighted by Gasteiger charge is 2.18. The lowest BCUT2D eigenvalue weighted by molar-refractivity contribution is 0.141. The number of hydrogen-bond acceptors (Lipinski definition) is 4. The molecule has 2 aromatic carbocycles. The molecule has 112 valence electrons. The standard InChI is InChI=1S/C18H16O4/c1-11-2-4-15-14-5-3-12(21-13-6-7-20-10-13)9-16(14)18(19)22-17(15)8-11/h2-5,8-9,13H,6-7,10H2,1H3/t13-/m1/s1. The van der Waals surface area contributed by atoms with E-state index in [1.54, 1.807) is 6.07 Å². The maximum Gasteiger partial charge on any atom is 0.344 e. The third-order valence-corrected chi connectivity index (χ3v) is 4.03. The summed E-state index contributed by atoms with van der Waals surface area (Å²) in [5.41, 5.74) is 1.35. The van der Waals surface area contributed by atoms with Crippen molar-refractivity contribution in [3.05, 3.63) is 52.4 Å². The van der Waals surface area contributed by atoms with Crippen molar-refractivity contribution in [3.63, 3.8) is 0 Å². The minimum atomic E-state index is -0.332. The fourth-order valence-corrected chi connectivity index (χ4v) is 2.89. The summed E-state index contributed by atoms with van der Waals surface area (Å²) in [4.78, 5) is 12.2. The summed E-state index contributed by atoms with van der Waals surface area (Å²) in [5.74, 6) is 0.682. The van der Waals surface area contributed by atoms with E-state index in [1.807, 2.05) is 37.3 Å². The van der Waals surface area contributed by atoms with Crippen molar-refractivity contribution >= 4 is 21.7 Å². The molecule has 22 heavy (non-hydrogen) atoms. The summed E-state index contributed by atoms with van der Waals surface area (Å²) in [7, 11) is 0. The van der Waals surface area contributed by atoms with E-state index in [4.69, 9.17) is 13.9 Å². The topological polar surface area (TPSA) is 48.7 Å². The van der Waals surface area contributed by atoms with Crippen LogP contribution in [-0.2, 0) is 4.74 Å². The molecule has 4 nitrogen and oxygen atoms in total. The van der Waals surface area contributed by atoms with Gasteiger partial charge in [-0.25, -0.2) is 4.79 Å². The molecule has 0 N–H and O–H groups in total. The van der Waals surface area contributed by atoms with Crippen LogP contribution in [0.5, 0.6) is 5.75 Å². The van der Waals surface area contributed by atoms with Gasteiger partial charge in [0.1, 0.15) is 17.4 Å². The third kappa shape index (κ3) is 2.25.